The van der Waals surface area contributed by atoms with Crippen LogP contribution in [0.5, 0.6) is 5.75 Å². The molecule has 0 fully saturated rings. The van der Waals surface area contributed by atoms with Crippen LogP contribution in [0.2, 0.25) is 0 Å². The van der Waals surface area contributed by atoms with Gasteiger partial charge in [-0.3, -0.25) is 5.10 Å². The molecule has 2 aromatic rings. The summed E-state index contributed by atoms with van der Waals surface area (Å²) in [6, 6.07) is 5.97. The summed E-state index contributed by atoms with van der Waals surface area (Å²) >= 11 is 1.58. The van der Waals surface area contributed by atoms with Crippen LogP contribution in [-0.2, 0) is 12.3 Å². The molecule has 5 nitrogen and oxygen atoms in total. The number of ether oxygens (including phenoxy) is 1. The molecule has 0 aliphatic heterocycles. The number of methoxy groups -OCH3 is 1. The Bertz CT molecular complexity index is 472. The first kappa shape index (κ1) is 11.9. The van der Waals surface area contributed by atoms with E-state index in [9.17, 15) is 0 Å². The average molecular weight is 250 g/mol. The molecule has 0 atom stereocenters. The molecule has 3 N–H and O–H groups in total. The van der Waals surface area contributed by atoms with Crippen LogP contribution in [0.15, 0.2) is 29.7 Å². The van der Waals surface area contributed by atoms with Gasteiger partial charge in [0.2, 0.25) is 0 Å². The maximum absolute atomic E-state index is 5.62. The molecule has 1 aromatic heterocycles. The van der Waals surface area contributed by atoms with Crippen LogP contribution in [0, 0.1) is 0 Å². The molecule has 0 radical (unpaired) electrons. The molecule has 1 heterocycles. The summed E-state index contributed by atoms with van der Waals surface area (Å²) < 4.78 is 5.31. The lowest BCUT2D eigenvalue weighted by atomic mass is 10.1. The van der Waals surface area contributed by atoms with Crippen molar-refractivity contribution in [1.82, 2.24) is 15.2 Å². The van der Waals surface area contributed by atoms with Gasteiger partial charge in [0.25, 0.3) is 0 Å². The van der Waals surface area contributed by atoms with E-state index in [1.54, 1.807) is 18.9 Å². The van der Waals surface area contributed by atoms with Crippen LogP contribution >= 0.6 is 11.8 Å². The standard InChI is InChI=1S/C11H14N4OS/c1-16-10-3-2-8(5-12)4-9(10)6-17-11-13-7-14-15-11/h2-4,7H,5-6,12H2,1H3,(H,13,14,15). The number of nitrogens with zero attached hydrogens (tertiary/aromatic N) is 2. The fraction of sp³-hybridized carbons (Fsp3) is 0.273. The van der Waals surface area contributed by atoms with Gasteiger partial charge in [-0.2, -0.15) is 5.10 Å². The lowest BCUT2D eigenvalue weighted by molar-refractivity contribution is 0.411. The van der Waals surface area contributed by atoms with Gasteiger partial charge in [-0.1, -0.05) is 17.8 Å². The highest BCUT2D eigenvalue weighted by atomic mass is 32.2. The minimum absolute atomic E-state index is 0.532. The van der Waals surface area contributed by atoms with Crippen LogP contribution in [0.25, 0.3) is 0 Å². The number of H-pyrrole nitrogens is 1. The summed E-state index contributed by atoms with van der Waals surface area (Å²) in [4.78, 5) is 4.06. The molecule has 6 heteroatoms. The van der Waals surface area contributed by atoms with E-state index in [-0.39, 0.29) is 0 Å². The van der Waals surface area contributed by atoms with E-state index in [0.29, 0.717) is 6.54 Å². The van der Waals surface area contributed by atoms with Crippen molar-refractivity contribution in [1.29, 1.82) is 0 Å². The first-order chi connectivity index (χ1) is 8.33. The first-order valence-corrected chi connectivity index (χ1v) is 6.16. The fourth-order valence-electron chi connectivity index (χ4n) is 1.48. The van der Waals surface area contributed by atoms with Crippen molar-refractivity contribution in [2.75, 3.05) is 7.11 Å². The molecular weight excluding hydrogens is 236 g/mol. The zero-order chi connectivity index (χ0) is 12.1. The van der Waals surface area contributed by atoms with Crippen molar-refractivity contribution in [3.05, 3.63) is 35.7 Å². The van der Waals surface area contributed by atoms with E-state index < -0.39 is 0 Å². The lowest BCUT2D eigenvalue weighted by Gasteiger charge is -2.09. The van der Waals surface area contributed by atoms with E-state index >= 15 is 0 Å². The molecule has 90 valence electrons. The summed E-state index contributed by atoms with van der Waals surface area (Å²) in [5, 5.41) is 7.41. The van der Waals surface area contributed by atoms with E-state index in [4.69, 9.17) is 10.5 Å². The highest BCUT2D eigenvalue weighted by Crippen LogP contribution is 2.26. The number of aromatic nitrogens is 3. The number of nitrogens with one attached hydrogen (secondary N) is 1. The van der Waals surface area contributed by atoms with Crippen molar-refractivity contribution in [2.45, 2.75) is 17.5 Å². The number of benzene rings is 1. The number of hydrogen-bond acceptors (Lipinski definition) is 5. The molecule has 2 rings (SSSR count). The molecule has 0 spiro atoms. The second-order valence-electron chi connectivity index (χ2n) is 3.43. The smallest absolute Gasteiger partial charge is 0.183 e. The van der Waals surface area contributed by atoms with Gasteiger partial charge in [-0.15, -0.1) is 0 Å². The summed E-state index contributed by atoms with van der Waals surface area (Å²) in [6.45, 7) is 0.532. The van der Waals surface area contributed by atoms with Crippen molar-refractivity contribution in [3.63, 3.8) is 0 Å². The Morgan fingerprint density at radius 3 is 3.00 bits per heavy atom. The zero-order valence-corrected chi connectivity index (χ0v) is 10.3. The van der Waals surface area contributed by atoms with Crippen molar-refractivity contribution in [2.24, 2.45) is 5.73 Å². The summed E-state index contributed by atoms with van der Waals surface area (Å²) in [5.41, 5.74) is 7.83. The molecule has 17 heavy (non-hydrogen) atoms. The average Bonchev–Trinajstić information content (AvgIpc) is 2.89. The van der Waals surface area contributed by atoms with E-state index in [1.165, 1.54) is 6.33 Å². The van der Waals surface area contributed by atoms with Crippen molar-refractivity contribution < 1.29 is 4.74 Å². The van der Waals surface area contributed by atoms with E-state index in [1.807, 2.05) is 12.1 Å². The first-order valence-electron chi connectivity index (χ1n) is 5.17. The number of nitrogens with two attached hydrogens (primary N) is 1. The second-order valence-corrected chi connectivity index (χ2v) is 4.39. The molecule has 0 unspecified atom stereocenters. The van der Waals surface area contributed by atoms with Gasteiger partial charge in [0.15, 0.2) is 5.16 Å². The van der Waals surface area contributed by atoms with Gasteiger partial charge >= 0.3 is 0 Å². The number of thioether (sulfide) groups is 1. The van der Waals surface area contributed by atoms with Crippen LogP contribution in [0.1, 0.15) is 11.1 Å². The maximum atomic E-state index is 5.62. The highest BCUT2D eigenvalue weighted by Gasteiger charge is 2.06. The molecule has 0 amide bonds. The van der Waals surface area contributed by atoms with Crippen LogP contribution in [-0.4, -0.2) is 22.3 Å². The van der Waals surface area contributed by atoms with Crippen LogP contribution < -0.4 is 10.5 Å². The number of rotatable bonds is 5. The largest absolute Gasteiger partial charge is 0.496 e. The third-order valence-electron chi connectivity index (χ3n) is 2.34. The summed E-state index contributed by atoms with van der Waals surface area (Å²) in [7, 11) is 1.67. The monoisotopic (exact) mass is 250 g/mol. The maximum Gasteiger partial charge on any atom is 0.183 e. The Labute approximate surface area is 104 Å². The minimum Gasteiger partial charge on any atom is -0.496 e. The van der Waals surface area contributed by atoms with Gasteiger partial charge in [-0.25, -0.2) is 4.98 Å². The van der Waals surface area contributed by atoms with Gasteiger partial charge in [0.05, 0.1) is 7.11 Å². The zero-order valence-electron chi connectivity index (χ0n) is 9.51. The quantitative estimate of drug-likeness (QED) is 0.788. The third-order valence-corrected chi connectivity index (χ3v) is 3.26. The molecule has 0 saturated carbocycles. The van der Waals surface area contributed by atoms with Gasteiger partial charge in [-0.05, 0) is 17.7 Å². The summed E-state index contributed by atoms with van der Waals surface area (Å²) in [6.07, 6.45) is 1.50. The van der Waals surface area contributed by atoms with E-state index in [0.717, 1.165) is 27.8 Å². The van der Waals surface area contributed by atoms with Crippen molar-refractivity contribution in [3.8, 4) is 5.75 Å². The van der Waals surface area contributed by atoms with E-state index in [2.05, 4.69) is 21.2 Å². The van der Waals surface area contributed by atoms with Gasteiger partial charge in [0, 0.05) is 17.9 Å². The lowest BCUT2D eigenvalue weighted by Crippen LogP contribution is -1.98. The van der Waals surface area contributed by atoms with Crippen LogP contribution in [0.3, 0.4) is 0 Å². The predicted molar refractivity (Wildman–Crippen MR) is 66.8 cm³/mol. The molecule has 0 aliphatic rings. The van der Waals surface area contributed by atoms with Crippen molar-refractivity contribution >= 4 is 11.8 Å². The Balaban J connectivity index is 2.12. The predicted octanol–water partition coefficient (Wildman–Crippen LogP) is 1.56. The third kappa shape index (κ3) is 2.98. The Kier molecular flexibility index (Phi) is 4.00. The fourth-order valence-corrected chi connectivity index (χ4v) is 2.24. The molecule has 0 bridgehead atoms. The van der Waals surface area contributed by atoms with Gasteiger partial charge in [0.1, 0.15) is 12.1 Å². The number of aromatic amines is 1. The highest BCUT2D eigenvalue weighted by molar-refractivity contribution is 7.98. The van der Waals surface area contributed by atoms with Gasteiger partial charge < -0.3 is 10.5 Å². The summed E-state index contributed by atoms with van der Waals surface area (Å²) in [5.74, 6) is 1.64. The normalized spacial score (nSPS) is 10.5. The Hall–Kier alpha value is -1.53. The molecule has 1 aromatic carbocycles. The molecular formula is C11H14N4OS. The minimum atomic E-state index is 0.532. The number of hydrogen-bond donors (Lipinski definition) is 2. The Morgan fingerprint density at radius 2 is 2.35 bits per heavy atom. The molecule has 0 aliphatic carbocycles. The Morgan fingerprint density at radius 1 is 1.47 bits per heavy atom. The SMILES string of the molecule is COc1ccc(CN)cc1CSc1ncn[nH]1. The van der Waals surface area contributed by atoms with Crippen LogP contribution in [0.4, 0.5) is 0 Å². The molecule has 0 saturated heterocycles. The second kappa shape index (κ2) is 5.70. The topological polar surface area (TPSA) is 76.8 Å².